The maximum atomic E-state index is 13.6. The number of fused-ring (bicyclic) bond motifs is 2. The van der Waals surface area contributed by atoms with E-state index in [1.807, 2.05) is 32.9 Å². The SMILES string of the molecule is C=C(C)C=CC(=C)Cn1c(C)nc2c1C(=O)c1c(ncn1CC(=CC=C(C)C)CC)C2=O. The summed E-state index contributed by atoms with van der Waals surface area (Å²) >= 11 is 0. The number of aryl methyl sites for hydroxylation is 1. The molecule has 2 aromatic heterocycles. The van der Waals surface area contributed by atoms with E-state index in [2.05, 4.69) is 42.2 Å². The van der Waals surface area contributed by atoms with Gasteiger partial charge >= 0.3 is 0 Å². The molecule has 0 bridgehead atoms. The van der Waals surface area contributed by atoms with E-state index < -0.39 is 0 Å². The Morgan fingerprint density at radius 2 is 1.72 bits per heavy atom. The van der Waals surface area contributed by atoms with Gasteiger partial charge in [0, 0.05) is 13.1 Å². The highest BCUT2D eigenvalue weighted by Crippen LogP contribution is 2.28. The van der Waals surface area contributed by atoms with E-state index in [4.69, 9.17) is 0 Å². The van der Waals surface area contributed by atoms with Crippen LogP contribution in [-0.2, 0) is 13.1 Å². The number of carbonyl (C=O) groups excluding carboxylic acids is 2. The standard InChI is InChI=1S/C26H30N4O2/c1-8-20(12-10-17(4)5)14-29-15-27-21-23(29)26(32)24-22(25(21)31)28-19(7)30(24)13-18(6)11-9-16(2)3/h9-12,15H,2,6,8,13-14H2,1,3-5,7H3. The molecule has 0 unspecified atom stereocenters. The van der Waals surface area contributed by atoms with Crippen LogP contribution >= 0.6 is 0 Å². The summed E-state index contributed by atoms with van der Waals surface area (Å²) in [4.78, 5) is 35.4. The molecule has 6 heteroatoms. The first-order valence-electron chi connectivity index (χ1n) is 10.7. The van der Waals surface area contributed by atoms with Crippen LogP contribution in [0.1, 0.15) is 72.3 Å². The minimum Gasteiger partial charge on any atom is -0.323 e. The molecule has 0 radical (unpaired) electrons. The molecule has 2 heterocycles. The van der Waals surface area contributed by atoms with Crippen LogP contribution in [0.4, 0.5) is 0 Å². The molecule has 0 atom stereocenters. The van der Waals surface area contributed by atoms with Gasteiger partial charge in [-0.2, -0.15) is 0 Å². The van der Waals surface area contributed by atoms with Gasteiger partial charge in [-0.1, -0.05) is 61.1 Å². The lowest BCUT2D eigenvalue weighted by Gasteiger charge is -2.16. The highest BCUT2D eigenvalue weighted by atomic mass is 16.1. The number of nitrogens with zero attached hydrogens (tertiary/aromatic N) is 4. The van der Waals surface area contributed by atoms with E-state index in [1.165, 1.54) is 5.57 Å². The Balaban J connectivity index is 2.01. The minimum atomic E-state index is -0.315. The van der Waals surface area contributed by atoms with Crippen molar-refractivity contribution >= 4 is 11.6 Å². The average molecular weight is 431 g/mol. The first-order valence-corrected chi connectivity index (χ1v) is 10.7. The lowest BCUT2D eigenvalue weighted by molar-refractivity contribution is 0.0963. The summed E-state index contributed by atoms with van der Waals surface area (Å²) in [5.41, 5.74) is 4.99. The van der Waals surface area contributed by atoms with Crippen molar-refractivity contribution in [2.24, 2.45) is 0 Å². The zero-order valence-corrected chi connectivity index (χ0v) is 19.5. The number of ketones is 2. The monoisotopic (exact) mass is 430 g/mol. The molecule has 166 valence electrons. The van der Waals surface area contributed by atoms with Crippen molar-refractivity contribution < 1.29 is 9.59 Å². The predicted molar refractivity (Wildman–Crippen MR) is 127 cm³/mol. The van der Waals surface area contributed by atoms with Crippen LogP contribution < -0.4 is 0 Å². The van der Waals surface area contributed by atoms with Gasteiger partial charge in [0.05, 0.1) is 6.33 Å². The third-order valence-electron chi connectivity index (χ3n) is 5.30. The van der Waals surface area contributed by atoms with Gasteiger partial charge in [0.1, 0.15) is 28.6 Å². The summed E-state index contributed by atoms with van der Waals surface area (Å²) in [6.45, 7) is 18.6. The lowest BCUT2D eigenvalue weighted by atomic mass is 9.98. The Bertz CT molecular complexity index is 1210. The van der Waals surface area contributed by atoms with E-state index in [-0.39, 0.29) is 23.0 Å². The van der Waals surface area contributed by atoms with Gasteiger partial charge in [0.25, 0.3) is 0 Å². The maximum Gasteiger partial charge on any atom is 0.234 e. The lowest BCUT2D eigenvalue weighted by Crippen LogP contribution is -2.26. The fourth-order valence-electron chi connectivity index (χ4n) is 3.58. The Kier molecular flexibility index (Phi) is 6.72. The smallest absolute Gasteiger partial charge is 0.234 e. The first kappa shape index (κ1) is 23.1. The van der Waals surface area contributed by atoms with E-state index in [0.717, 1.165) is 23.1 Å². The third-order valence-corrected chi connectivity index (χ3v) is 5.30. The number of rotatable bonds is 8. The van der Waals surface area contributed by atoms with Crippen LogP contribution in [0.25, 0.3) is 0 Å². The van der Waals surface area contributed by atoms with Gasteiger partial charge in [-0.3, -0.25) is 9.59 Å². The predicted octanol–water partition coefficient (Wildman–Crippen LogP) is 5.15. The molecule has 0 N–H and O–H groups in total. The second-order valence-electron chi connectivity index (χ2n) is 8.43. The van der Waals surface area contributed by atoms with E-state index in [1.54, 1.807) is 22.4 Å². The van der Waals surface area contributed by atoms with Crippen molar-refractivity contribution in [1.82, 2.24) is 19.1 Å². The quantitative estimate of drug-likeness (QED) is 0.463. The van der Waals surface area contributed by atoms with Crippen LogP contribution in [0.5, 0.6) is 0 Å². The summed E-state index contributed by atoms with van der Waals surface area (Å²) in [7, 11) is 0. The summed E-state index contributed by atoms with van der Waals surface area (Å²) in [5.74, 6) is 0.0441. The molecule has 0 aliphatic heterocycles. The van der Waals surface area contributed by atoms with Crippen LogP contribution in [-0.4, -0.2) is 30.7 Å². The molecule has 0 saturated heterocycles. The molecule has 0 amide bonds. The summed E-state index contributed by atoms with van der Waals surface area (Å²) < 4.78 is 3.54. The van der Waals surface area contributed by atoms with Gasteiger partial charge < -0.3 is 9.13 Å². The van der Waals surface area contributed by atoms with Crippen molar-refractivity contribution in [2.45, 2.75) is 54.1 Å². The number of carbonyl (C=O) groups is 2. The highest BCUT2D eigenvalue weighted by Gasteiger charge is 2.38. The number of hydrogen-bond acceptors (Lipinski definition) is 4. The van der Waals surface area contributed by atoms with Crippen molar-refractivity contribution in [3.05, 3.63) is 94.7 Å². The second-order valence-corrected chi connectivity index (χ2v) is 8.43. The van der Waals surface area contributed by atoms with Gasteiger partial charge in [-0.15, -0.1) is 0 Å². The fourth-order valence-corrected chi connectivity index (χ4v) is 3.58. The van der Waals surface area contributed by atoms with Crippen molar-refractivity contribution in [3.8, 4) is 0 Å². The molecular weight excluding hydrogens is 400 g/mol. The molecule has 0 fully saturated rings. The number of imidazole rings is 2. The molecule has 0 aromatic carbocycles. The number of hydrogen-bond donors (Lipinski definition) is 0. The molecule has 3 rings (SSSR count). The van der Waals surface area contributed by atoms with Crippen LogP contribution in [0, 0.1) is 6.92 Å². The minimum absolute atomic E-state index is 0.165. The Morgan fingerprint density at radius 3 is 2.34 bits per heavy atom. The second kappa shape index (κ2) is 9.30. The molecule has 32 heavy (non-hydrogen) atoms. The topological polar surface area (TPSA) is 69.8 Å². The van der Waals surface area contributed by atoms with Crippen LogP contribution in [0.2, 0.25) is 0 Å². The fraction of sp³-hybridized carbons (Fsp3) is 0.308. The Morgan fingerprint density at radius 1 is 1.00 bits per heavy atom. The normalized spacial score (nSPS) is 13.3. The zero-order valence-electron chi connectivity index (χ0n) is 19.5. The van der Waals surface area contributed by atoms with E-state index in [9.17, 15) is 9.59 Å². The van der Waals surface area contributed by atoms with Gasteiger partial charge in [-0.05, 0) is 39.7 Å². The number of aromatic nitrogens is 4. The molecule has 0 spiro atoms. The Labute approximate surface area is 189 Å². The summed E-state index contributed by atoms with van der Waals surface area (Å²) in [6, 6.07) is 0. The molecule has 1 aliphatic carbocycles. The highest BCUT2D eigenvalue weighted by molar-refractivity contribution is 6.25. The molecule has 1 aliphatic rings. The largest absolute Gasteiger partial charge is 0.323 e. The average Bonchev–Trinajstić information content (AvgIpc) is 3.29. The summed E-state index contributed by atoms with van der Waals surface area (Å²) in [5, 5.41) is 0. The van der Waals surface area contributed by atoms with Gasteiger partial charge in [0.2, 0.25) is 11.6 Å². The zero-order chi connectivity index (χ0) is 23.6. The third kappa shape index (κ3) is 4.54. The van der Waals surface area contributed by atoms with Crippen LogP contribution in [0.15, 0.2) is 66.1 Å². The van der Waals surface area contributed by atoms with Crippen molar-refractivity contribution in [1.29, 1.82) is 0 Å². The van der Waals surface area contributed by atoms with Gasteiger partial charge in [0.15, 0.2) is 0 Å². The molecule has 6 nitrogen and oxygen atoms in total. The molecule has 2 aromatic rings. The van der Waals surface area contributed by atoms with Crippen molar-refractivity contribution in [2.75, 3.05) is 0 Å². The number of allylic oxidation sites excluding steroid dienone is 8. The molecule has 0 saturated carbocycles. The molecular formula is C26H30N4O2. The summed E-state index contributed by atoms with van der Waals surface area (Å²) in [6.07, 6.45) is 10.2. The van der Waals surface area contributed by atoms with E-state index >= 15 is 0 Å². The first-order chi connectivity index (χ1) is 15.1. The van der Waals surface area contributed by atoms with Crippen molar-refractivity contribution in [3.63, 3.8) is 0 Å². The Hall–Kier alpha value is -3.54. The van der Waals surface area contributed by atoms with Crippen LogP contribution in [0.3, 0.4) is 0 Å². The maximum absolute atomic E-state index is 13.6. The van der Waals surface area contributed by atoms with E-state index in [0.29, 0.717) is 30.3 Å². The van der Waals surface area contributed by atoms with Gasteiger partial charge in [-0.25, -0.2) is 9.97 Å².